The van der Waals surface area contributed by atoms with Crippen molar-refractivity contribution in [3.63, 3.8) is 0 Å². The van der Waals surface area contributed by atoms with Gasteiger partial charge in [0.25, 0.3) is 0 Å². The van der Waals surface area contributed by atoms with Crippen molar-refractivity contribution in [2.24, 2.45) is 0 Å². The van der Waals surface area contributed by atoms with Crippen LogP contribution in [0.5, 0.6) is 0 Å². The van der Waals surface area contributed by atoms with Crippen LogP contribution >= 0.6 is 0 Å². The van der Waals surface area contributed by atoms with Crippen LogP contribution in [-0.4, -0.2) is 14.5 Å². The van der Waals surface area contributed by atoms with Gasteiger partial charge in [-0.3, -0.25) is 4.57 Å². The predicted octanol–water partition coefficient (Wildman–Crippen LogP) is 1.76. The van der Waals surface area contributed by atoms with E-state index in [-0.39, 0.29) is 0 Å². The summed E-state index contributed by atoms with van der Waals surface area (Å²) in [6, 6.07) is 5.52. The van der Waals surface area contributed by atoms with Crippen molar-refractivity contribution < 1.29 is 0 Å². The third kappa shape index (κ3) is 1.59. The summed E-state index contributed by atoms with van der Waals surface area (Å²) >= 11 is 0. The first-order chi connectivity index (χ1) is 7.22. The normalized spacial score (nSPS) is 9.93. The van der Waals surface area contributed by atoms with Crippen molar-refractivity contribution >= 4 is 0 Å². The maximum absolute atomic E-state index is 8.78. The van der Waals surface area contributed by atoms with Crippen LogP contribution in [0, 0.1) is 25.2 Å². The Morgan fingerprint density at radius 2 is 2.13 bits per heavy atom. The maximum Gasteiger partial charge on any atom is 0.139 e. The fourth-order valence-corrected chi connectivity index (χ4v) is 1.35. The second-order valence-corrected chi connectivity index (χ2v) is 3.30. The minimum atomic E-state index is 0.603. The van der Waals surface area contributed by atoms with E-state index >= 15 is 0 Å². The second kappa shape index (κ2) is 3.54. The largest absolute Gasteiger partial charge is 0.287 e. The zero-order chi connectivity index (χ0) is 10.8. The molecule has 0 N–H and O–H groups in total. The van der Waals surface area contributed by atoms with Crippen molar-refractivity contribution in [1.29, 1.82) is 5.26 Å². The van der Waals surface area contributed by atoms with Crippen LogP contribution in [0.25, 0.3) is 5.82 Å². The van der Waals surface area contributed by atoms with Crippen LogP contribution in [0.4, 0.5) is 0 Å². The number of nitrogens with zero attached hydrogens (tertiary/aromatic N) is 4. The van der Waals surface area contributed by atoms with E-state index in [0.717, 1.165) is 17.2 Å². The van der Waals surface area contributed by atoms with Crippen molar-refractivity contribution in [3.8, 4) is 11.9 Å². The van der Waals surface area contributed by atoms with Crippen molar-refractivity contribution in [1.82, 2.24) is 14.5 Å². The zero-order valence-electron chi connectivity index (χ0n) is 8.60. The quantitative estimate of drug-likeness (QED) is 0.701. The van der Waals surface area contributed by atoms with E-state index in [9.17, 15) is 0 Å². The van der Waals surface area contributed by atoms with E-state index in [4.69, 9.17) is 5.26 Å². The minimum Gasteiger partial charge on any atom is -0.287 e. The number of hydrogen-bond acceptors (Lipinski definition) is 3. The lowest BCUT2D eigenvalue weighted by Crippen LogP contribution is -1.98. The fourth-order valence-electron chi connectivity index (χ4n) is 1.35. The molecular formula is C11H10N4. The number of rotatable bonds is 1. The van der Waals surface area contributed by atoms with Gasteiger partial charge in [-0.1, -0.05) is 0 Å². The molecule has 2 rings (SSSR count). The number of hydrogen-bond donors (Lipinski definition) is 0. The molecule has 2 aromatic rings. The summed E-state index contributed by atoms with van der Waals surface area (Å²) in [5.41, 5.74) is 2.61. The number of imidazole rings is 1. The van der Waals surface area contributed by atoms with Crippen LogP contribution in [0.15, 0.2) is 24.7 Å². The molecule has 0 aromatic carbocycles. The Labute approximate surface area is 87.8 Å². The maximum atomic E-state index is 8.78. The molecule has 2 heterocycles. The molecule has 74 valence electrons. The Balaban J connectivity index is 2.55. The Bertz CT molecular complexity index is 534. The Morgan fingerprint density at radius 1 is 1.33 bits per heavy atom. The molecular weight excluding hydrogens is 188 g/mol. The van der Waals surface area contributed by atoms with Crippen LogP contribution in [0.2, 0.25) is 0 Å². The molecule has 0 saturated carbocycles. The third-order valence-corrected chi connectivity index (χ3v) is 2.37. The SMILES string of the molecule is Cc1ncn(-c2cc(C#N)ccn2)c1C. The molecule has 0 aliphatic carbocycles. The van der Waals surface area contributed by atoms with Gasteiger partial charge < -0.3 is 0 Å². The minimum absolute atomic E-state index is 0.603. The summed E-state index contributed by atoms with van der Waals surface area (Å²) in [6.07, 6.45) is 3.34. The molecule has 0 unspecified atom stereocenters. The summed E-state index contributed by atoms with van der Waals surface area (Å²) in [5.74, 6) is 0.729. The summed E-state index contributed by atoms with van der Waals surface area (Å²) in [7, 11) is 0. The molecule has 0 aliphatic heterocycles. The van der Waals surface area contributed by atoms with E-state index < -0.39 is 0 Å². The molecule has 0 spiro atoms. The van der Waals surface area contributed by atoms with Gasteiger partial charge >= 0.3 is 0 Å². The highest BCUT2D eigenvalue weighted by Crippen LogP contribution is 2.12. The molecule has 0 atom stereocenters. The molecule has 0 aliphatic rings. The summed E-state index contributed by atoms with van der Waals surface area (Å²) in [6.45, 7) is 3.92. The van der Waals surface area contributed by atoms with E-state index in [1.54, 1.807) is 24.7 Å². The number of nitriles is 1. The van der Waals surface area contributed by atoms with Gasteiger partial charge in [-0.15, -0.1) is 0 Å². The first kappa shape index (κ1) is 9.41. The van der Waals surface area contributed by atoms with Gasteiger partial charge in [0.1, 0.15) is 12.1 Å². The molecule has 0 bridgehead atoms. The topological polar surface area (TPSA) is 54.5 Å². The molecule has 15 heavy (non-hydrogen) atoms. The summed E-state index contributed by atoms with van der Waals surface area (Å²) in [5, 5.41) is 8.78. The van der Waals surface area contributed by atoms with Crippen molar-refractivity contribution in [2.75, 3.05) is 0 Å². The van der Waals surface area contributed by atoms with Gasteiger partial charge in [0.15, 0.2) is 0 Å². The standard InChI is InChI=1S/C11H10N4/c1-8-9(2)15(7-14-8)11-5-10(6-12)3-4-13-11/h3-5,7H,1-2H3. The summed E-state index contributed by atoms with van der Waals surface area (Å²) in [4.78, 5) is 8.39. The average molecular weight is 198 g/mol. The summed E-state index contributed by atoms with van der Waals surface area (Å²) < 4.78 is 1.87. The van der Waals surface area contributed by atoms with Crippen LogP contribution in [0.1, 0.15) is 17.0 Å². The van der Waals surface area contributed by atoms with Crippen LogP contribution in [0.3, 0.4) is 0 Å². The van der Waals surface area contributed by atoms with Gasteiger partial charge in [-0.25, -0.2) is 9.97 Å². The van der Waals surface area contributed by atoms with Gasteiger partial charge in [0.05, 0.1) is 17.3 Å². The van der Waals surface area contributed by atoms with E-state index in [1.165, 1.54) is 0 Å². The van der Waals surface area contributed by atoms with Crippen LogP contribution < -0.4 is 0 Å². The Hall–Kier alpha value is -2.15. The molecule has 2 aromatic heterocycles. The second-order valence-electron chi connectivity index (χ2n) is 3.30. The first-order valence-electron chi connectivity index (χ1n) is 4.59. The lowest BCUT2D eigenvalue weighted by atomic mass is 10.3. The fraction of sp³-hybridized carbons (Fsp3) is 0.182. The zero-order valence-corrected chi connectivity index (χ0v) is 8.60. The van der Waals surface area contributed by atoms with Crippen molar-refractivity contribution in [2.45, 2.75) is 13.8 Å². The van der Waals surface area contributed by atoms with Gasteiger partial charge in [0, 0.05) is 11.9 Å². The smallest absolute Gasteiger partial charge is 0.139 e. The van der Waals surface area contributed by atoms with E-state index in [1.807, 2.05) is 18.4 Å². The van der Waals surface area contributed by atoms with Crippen LogP contribution in [-0.2, 0) is 0 Å². The van der Waals surface area contributed by atoms with E-state index in [0.29, 0.717) is 5.56 Å². The molecule has 0 saturated heterocycles. The number of aromatic nitrogens is 3. The highest BCUT2D eigenvalue weighted by Gasteiger charge is 2.05. The molecule has 4 nitrogen and oxygen atoms in total. The monoisotopic (exact) mass is 198 g/mol. The van der Waals surface area contributed by atoms with E-state index in [2.05, 4.69) is 16.0 Å². The number of pyridine rings is 1. The average Bonchev–Trinajstić information content (AvgIpc) is 2.60. The Kier molecular flexibility index (Phi) is 2.22. The number of aryl methyl sites for hydroxylation is 1. The molecule has 0 fully saturated rings. The first-order valence-corrected chi connectivity index (χ1v) is 4.59. The lowest BCUT2D eigenvalue weighted by molar-refractivity contribution is 0.949. The van der Waals surface area contributed by atoms with Gasteiger partial charge in [0.2, 0.25) is 0 Å². The predicted molar refractivity (Wildman–Crippen MR) is 55.5 cm³/mol. The van der Waals surface area contributed by atoms with Crippen molar-refractivity contribution in [3.05, 3.63) is 41.6 Å². The highest BCUT2D eigenvalue weighted by molar-refractivity contribution is 5.37. The molecule has 4 heteroatoms. The van der Waals surface area contributed by atoms with Gasteiger partial charge in [-0.05, 0) is 26.0 Å². The third-order valence-electron chi connectivity index (χ3n) is 2.37. The van der Waals surface area contributed by atoms with Gasteiger partial charge in [-0.2, -0.15) is 5.26 Å². The molecule has 0 amide bonds. The highest BCUT2D eigenvalue weighted by atomic mass is 15.1. The lowest BCUT2D eigenvalue weighted by Gasteiger charge is -2.03. The molecule has 0 radical (unpaired) electrons. The Morgan fingerprint density at radius 3 is 2.73 bits per heavy atom.